The van der Waals surface area contributed by atoms with Crippen LogP contribution >= 0.6 is 0 Å². The van der Waals surface area contributed by atoms with E-state index in [2.05, 4.69) is 10.0 Å². The summed E-state index contributed by atoms with van der Waals surface area (Å²) in [5.41, 5.74) is 7.34. The molecule has 0 saturated heterocycles. The molecule has 5 nitrogen and oxygen atoms in total. The van der Waals surface area contributed by atoms with Gasteiger partial charge in [-0.1, -0.05) is 24.3 Å². The van der Waals surface area contributed by atoms with Crippen LogP contribution in [0, 0.1) is 5.53 Å². The highest BCUT2D eigenvalue weighted by molar-refractivity contribution is 6.07. The highest BCUT2D eigenvalue weighted by atomic mass is 16.6. The summed E-state index contributed by atoms with van der Waals surface area (Å²) in [5, 5.41) is 5.26. The summed E-state index contributed by atoms with van der Waals surface area (Å²) in [6.07, 6.45) is 0. The van der Waals surface area contributed by atoms with E-state index in [0.29, 0.717) is 11.3 Å². The molecule has 0 radical (unpaired) electrons. The molecule has 0 atom stereocenters. The van der Waals surface area contributed by atoms with Crippen LogP contribution in [-0.2, 0) is 4.74 Å². The van der Waals surface area contributed by atoms with Crippen LogP contribution in [0.25, 0.3) is 10.8 Å². The lowest BCUT2D eigenvalue weighted by Gasteiger charge is -2.20. The summed E-state index contributed by atoms with van der Waals surface area (Å²) in [6, 6.07) is 10.7. The Morgan fingerprint density at radius 1 is 1.15 bits per heavy atom. The molecule has 102 valence electrons. The third-order valence-electron chi connectivity index (χ3n) is 2.68. The minimum Gasteiger partial charge on any atom is -0.456 e. The fourth-order valence-corrected chi connectivity index (χ4v) is 1.95. The largest absolute Gasteiger partial charge is 0.456 e. The molecule has 0 unspecified atom stereocenters. The topological polar surface area (TPSA) is 76.6 Å². The predicted molar refractivity (Wildman–Crippen MR) is 76.1 cm³/mol. The van der Waals surface area contributed by atoms with Crippen LogP contribution in [0.15, 0.2) is 41.5 Å². The second-order valence-corrected chi connectivity index (χ2v) is 5.38. The first-order chi connectivity index (χ1) is 9.42. The fraction of sp³-hybridized carbons (Fsp3) is 0.267. The van der Waals surface area contributed by atoms with Crippen LogP contribution < -0.4 is 4.91 Å². The second kappa shape index (κ2) is 5.23. The summed E-state index contributed by atoms with van der Waals surface area (Å²) >= 11 is 0. The van der Waals surface area contributed by atoms with Gasteiger partial charge < -0.3 is 4.74 Å². The summed E-state index contributed by atoms with van der Waals surface area (Å²) < 4.78 is 5.40. The highest BCUT2D eigenvalue weighted by Crippen LogP contribution is 2.28. The number of fused-ring (bicyclic) bond motifs is 1. The van der Waals surface area contributed by atoms with Crippen molar-refractivity contribution in [2.24, 2.45) is 5.11 Å². The molecule has 0 bridgehead atoms. The van der Waals surface area contributed by atoms with E-state index in [9.17, 15) is 4.79 Å². The number of nitrogens with one attached hydrogen (secondary N) is 1. The monoisotopic (exact) mass is 270 g/mol. The van der Waals surface area contributed by atoms with Gasteiger partial charge in [0.25, 0.3) is 0 Å². The summed E-state index contributed by atoms with van der Waals surface area (Å²) in [6.45, 7) is 5.49. The molecule has 2 aromatic rings. The van der Waals surface area contributed by atoms with Gasteiger partial charge in [0.15, 0.2) is 10.8 Å². The molecular weight excluding hydrogens is 254 g/mol. The van der Waals surface area contributed by atoms with Crippen molar-refractivity contribution >= 4 is 22.4 Å². The normalized spacial score (nSPS) is 10.9. The van der Waals surface area contributed by atoms with Crippen molar-refractivity contribution in [1.29, 1.82) is 5.53 Å². The number of rotatable bonds is 2. The van der Waals surface area contributed by atoms with Crippen LogP contribution in [0.1, 0.15) is 31.1 Å². The van der Waals surface area contributed by atoms with Gasteiger partial charge in [-0.15, -0.1) is 0 Å². The molecular formula is C15H16N3O2+. The smallest absolute Gasteiger partial charge is 0.339 e. The molecule has 0 aliphatic heterocycles. The summed E-state index contributed by atoms with van der Waals surface area (Å²) in [5.74, 6) is -0.372. The quantitative estimate of drug-likeness (QED) is 0.509. The van der Waals surface area contributed by atoms with E-state index in [4.69, 9.17) is 10.3 Å². The molecule has 0 fully saturated rings. The minimum absolute atomic E-state index is 0.372. The fourth-order valence-electron chi connectivity index (χ4n) is 1.95. The van der Waals surface area contributed by atoms with Crippen LogP contribution in [0.4, 0.5) is 5.69 Å². The predicted octanol–water partition coefficient (Wildman–Crippen LogP) is 3.98. The first-order valence-corrected chi connectivity index (χ1v) is 6.25. The molecule has 2 rings (SSSR count). The lowest BCUT2D eigenvalue weighted by molar-refractivity contribution is 0.00719. The molecule has 0 aromatic heterocycles. The molecule has 0 aliphatic carbocycles. The Balaban J connectivity index is 2.58. The zero-order chi connectivity index (χ0) is 14.8. The van der Waals surface area contributed by atoms with E-state index in [1.54, 1.807) is 24.3 Å². The van der Waals surface area contributed by atoms with Gasteiger partial charge in [-0.3, -0.25) is 0 Å². The van der Waals surface area contributed by atoms with Gasteiger partial charge in [-0.2, -0.15) is 0 Å². The number of hydrogen-bond acceptors (Lipinski definition) is 4. The van der Waals surface area contributed by atoms with Crippen LogP contribution in [0.5, 0.6) is 0 Å². The number of ether oxygens (including phenoxy) is 1. The minimum atomic E-state index is -0.544. The first-order valence-electron chi connectivity index (χ1n) is 6.25. The second-order valence-electron chi connectivity index (χ2n) is 5.38. The summed E-state index contributed by atoms with van der Waals surface area (Å²) in [7, 11) is 0. The lowest BCUT2D eigenvalue weighted by atomic mass is 10.0. The average molecular weight is 270 g/mol. The number of nitrogens with zero attached hydrogens (tertiary/aromatic N) is 2. The third kappa shape index (κ3) is 2.90. The zero-order valence-corrected chi connectivity index (χ0v) is 11.7. The van der Waals surface area contributed by atoms with Crippen LogP contribution in [0.3, 0.4) is 0 Å². The van der Waals surface area contributed by atoms with Gasteiger partial charge in [-0.25, -0.2) is 4.79 Å². The first kappa shape index (κ1) is 13.9. The van der Waals surface area contributed by atoms with Crippen molar-refractivity contribution in [3.05, 3.63) is 42.0 Å². The molecule has 0 aliphatic rings. The van der Waals surface area contributed by atoms with Crippen molar-refractivity contribution in [3.8, 4) is 0 Å². The number of esters is 1. The van der Waals surface area contributed by atoms with Crippen molar-refractivity contribution in [3.63, 3.8) is 0 Å². The van der Waals surface area contributed by atoms with Crippen LogP contribution in [0.2, 0.25) is 0 Å². The molecule has 2 aromatic carbocycles. The summed E-state index contributed by atoms with van der Waals surface area (Å²) in [4.78, 5) is 15.3. The van der Waals surface area contributed by atoms with E-state index < -0.39 is 5.60 Å². The molecule has 20 heavy (non-hydrogen) atoms. The Hall–Kier alpha value is -2.52. The van der Waals surface area contributed by atoms with Gasteiger partial charge in [0.2, 0.25) is 4.91 Å². The third-order valence-corrected chi connectivity index (χ3v) is 2.68. The maximum absolute atomic E-state index is 12.2. The standard InChI is InChI=1S/C15H16N3O2/c1-15(2,3)20-14(19)12-8-4-7-11-10(12)6-5-9-13(11)17-18-16/h4-9,16H,1-3H3/q+1. The Labute approximate surface area is 116 Å². The van der Waals surface area contributed by atoms with Crippen molar-refractivity contribution < 1.29 is 9.53 Å². The Kier molecular flexibility index (Phi) is 3.63. The zero-order valence-electron chi connectivity index (χ0n) is 11.7. The molecule has 0 amide bonds. The molecule has 1 N–H and O–H groups in total. The number of carbonyl (C=O) groups is 1. The van der Waals surface area contributed by atoms with Gasteiger partial charge in [-0.05, 0) is 38.3 Å². The number of hydrogen-bond donors (Lipinski definition) is 1. The van der Waals surface area contributed by atoms with Gasteiger partial charge in [0.1, 0.15) is 11.1 Å². The maximum atomic E-state index is 12.2. The molecule has 0 saturated carbocycles. The van der Waals surface area contributed by atoms with Gasteiger partial charge in [0.05, 0.1) is 5.56 Å². The van der Waals surface area contributed by atoms with E-state index in [-0.39, 0.29) is 5.97 Å². The number of carbonyl (C=O) groups excluding carboxylic acids is 1. The number of benzene rings is 2. The Bertz CT molecular complexity index is 711. The van der Waals surface area contributed by atoms with Crippen LogP contribution in [-0.4, -0.2) is 11.6 Å². The van der Waals surface area contributed by atoms with E-state index in [1.165, 1.54) is 0 Å². The van der Waals surface area contributed by atoms with Crippen molar-refractivity contribution in [1.82, 2.24) is 4.91 Å². The average Bonchev–Trinajstić information content (AvgIpc) is 2.37. The Morgan fingerprint density at radius 3 is 2.45 bits per heavy atom. The highest BCUT2D eigenvalue weighted by Gasteiger charge is 2.20. The molecule has 0 spiro atoms. The lowest BCUT2D eigenvalue weighted by Crippen LogP contribution is -2.24. The molecule has 0 heterocycles. The van der Waals surface area contributed by atoms with E-state index in [0.717, 1.165) is 10.8 Å². The van der Waals surface area contributed by atoms with Crippen molar-refractivity contribution in [2.75, 3.05) is 0 Å². The SMILES string of the molecule is CC(C)(C)OC(=O)c1cccc2c(N=[N+]=N)cccc12. The van der Waals surface area contributed by atoms with Gasteiger partial charge >= 0.3 is 5.97 Å². The Morgan fingerprint density at radius 2 is 1.80 bits per heavy atom. The van der Waals surface area contributed by atoms with Crippen molar-refractivity contribution in [2.45, 2.75) is 26.4 Å². The van der Waals surface area contributed by atoms with E-state index >= 15 is 0 Å². The maximum Gasteiger partial charge on any atom is 0.339 e. The van der Waals surface area contributed by atoms with E-state index in [1.807, 2.05) is 32.9 Å². The van der Waals surface area contributed by atoms with Gasteiger partial charge in [0, 0.05) is 5.39 Å². The molecule has 5 heteroatoms.